The summed E-state index contributed by atoms with van der Waals surface area (Å²) >= 11 is 0. The standard InChI is InChI=1S/C21H35N3O2.HI/c1-17-7-8-18(15-19(17)26-4)9-13-23-20(22-2)24-16-21(12-14-25-3)10-5-6-11-21;/h7-8,15H,5-6,9-14,16H2,1-4H3,(H2,22,23,24);1H. The molecule has 0 radical (unpaired) electrons. The molecule has 1 aliphatic carbocycles. The number of methoxy groups -OCH3 is 2. The molecule has 1 fully saturated rings. The molecule has 0 saturated heterocycles. The Morgan fingerprint density at radius 3 is 2.56 bits per heavy atom. The zero-order valence-corrected chi connectivity index (χ0v) is 19.6. The lowest BCUT2D eigenvalue weighted by Crippen LogP contribution is -2.43. The van der Waals surface area contributed by atoms with Gasteiger partial charge in [0.15, 0.2) is 5.96 Å². The van der Waals surface area contributed by atoms with Gasteiger partial charge in [-0.2, -0.15) is 0 Å². The van der Waals surface area contributed by atoms with Crippen LogP contribution < -0.4 is 15.4 Å². The molecule has 0 heterocycles. The number of nitrogens with one attached hydrogen (secondary N) is 2. The highest BCUT2D eigenvalue weighted by molar-refractivity contribution is 14.0. The van der Waals surface area contributed by atoms with Crippen LogP contribution in [0.1, 0.15) is 43.2 Å². The molecule has 2 rings (SSSR count). The van der Waals surface area contributed by atoms with E-state index in [-0.39, 0.29) is 24.0 Å². The van der Waals surface area contributed by atoms with Crippen LogP contribution >= 0.6 is 24.0 Å². The predicted molar refractivity (Wildman–Crippen MR) is 124 cm³/mol. The molecule has 0 bridgehead atoms. The number of benzene rings is 1. The van der Waals surface area contributed by atoms with Gasteiger partial charge in [0, 0.05) is 33.9 Å². The zero-order chi connectivity index (χ0) is 18.8. The van der Waals surface area contributed by atoms with Crippen LogP contribution in [-0.2, 0) is 11.2 Å². The lowest BCUT2D eigenvalue weighted by molar-refractivity contribution is 0.138. The average Bonchev–Trinajstić information content (AvgIpc) is 3.13. The fraction of sp³-hybridized carbons (Fsp3) is 0.667. The highest BCUT2D eigenvalue weighted by Gasteiger charge is 2.33. The second-order valence-electron chi connectivity index (χ2n) is 7.36. The number of ether oxygens (including phenoxy) is 2. The van der Waals surface area contributed by atoms with E-state index in [2.05, 4.69) is 40.7 Å². The molecule has 5 nitrogen and oxygen atoms in total. The minimum atomic E-state index is 0. The first kappa shape index (κ1) is 24.0. The Hall–Kier alpha value is -1.02. The molecule has 0 aromatic heterocycles. The van der Waals surface area contributed by atoms with E-state index in [1.54, 1.807) is 14.2 Å². The van der Waals surface area contributed by atoms with E-state index in [0.717, 1.165) is 44.2 Å². The van der Waals surface area contributed by atoms with Crippen molar-refractivity contribution in [1.82, 2.24) is 10.6 Å². The lowest BCUT2D eigenvalue weighted by Gasteiger charge is -2.30. The highest BCUT2D eigenvalue weighted by Crippen LogP contribution is 2.40. The molecule has 1 saturated carbocycles. The number of rotatable bonds is 9. The summed E-state index contributed by atoms with van der Waals surface area (Å²) in [5.74, 6) is 1.83. The SMILES string of the molecule is CN=C(NCCc1ccc(C)c(OC)c1)NCC1(CCOC)CCCC1.I. The lowest BCUT2D eigenvalue weighted by atomic mass is 9.83. The summed E-state index contributed by atoms with van der Waals surface area (Å²) in [6.45, 7) is 4.71. The summed E-state index contributed by atoms with van der Waals surface area (Å²) in [6, 6.07) is 6.39. The van der Waals surface area contributed by atoms with Crippen molar-refractivity contribution in [2.45, 2.75) is 45.4 Å². The topological polar surface area (TPSA) is 54.9 Å². The van der Waals surface area contributed by atoms with Crippen LogP contribution in [-0.4, -0.2) is 46.9 Å². The molecule has 27 heavy (non-hydrogen) atoms. The van der Waals surface area contributed by atoms with Crippen LogP contribution in [0.3, 0.4) is 0 Å². The van der Waals surface area contributed by atoms with Crippen molar-refractivity contribution in [3.8, 4) is 5.75 Å². The largest absolute Gasteiger partial charge is 0.496 e. The van der Waals surface area contributed by atoms with Crippen molar-refractivity contribution >= 4 is 29.9 Å². The van der Waals surface area contributed by atoms with Crippen LogP contribution in [0.5, 0.6) is 5.75 Å². The Balaban J connectivity index is 0.00000364. The van der Waals surface area contributed by atoms with Crippen LogP contribution in [0, 0.1) is 12.3 Å². The monoisotopic (exact) mass is 489 g/mol. The number of hydrogen-bond donors (Lipinski definition) is 2. The molecule has 2 N–H and O–H groups in total. The summed E-state index contributed by atoms with van der Waals surface area (Å²) in [7, 11) is 5.34. The van der Waals surface area contributed by atoms with E-state index in [0.29, 0.717) is 5.41 Å². The fourth-order valence-electron chi connectivity index (χ4n) is 3.80. The summed E-state index contributed by atoms with van der Waals surface area (Å²) in [4.78, 5) is 4.38. The van der Waals surface area contributed by atoms with E-state index in [1.807, 2.05) is 7.05 Å². The second-order valence-corrected chi connectivity index (χ2v) is 7.36. The molecule has 6 heteroatoms. The normalized spacial score (nSPS) is 15.9. The Bertz CT molecular complexity index is 587. The van der Waals surface area contributed by atoms with Gasteiger partial charge < -0.3 is 20.1 Å². The molecule has 0 spiro atoms. The Labute approximate surface area is 181 Å². The number of nitrogens with zero attached hydrogens (tertiary/aromatic N) is 1. The quantitative estimate of drug-likeness (QED) is 0.314. The molecule has 0 amide bonds. The van der Waals surface area contributed by atoms with Crippen molar-refractivity contribution in [2.75, 3.05) is 41.0 Å². The first-order valence-electron chi connectivity index (χ1n) is 9.69. The Morgan fingerprint density at radius 2 is 1.93 bits per heavy atom. The Morgan fingerprint density at radius 1 is 1.19 bits per heavy atom. The summed E-state index contributed by atoms with van der Waals surface area (Å²) in [6.07, 6.45) is 7.27. The van der Waals surface area contributed by atoms with E-state index < -0.39 is 0 Å². The van der Waals surface area contributed by atoms with Crippen molar-refractivity contribution in [3.05, 3.63) is 29.3 Å². The molecule has 1 aromatic carbocycles. The number of guanidine groups is 1. The van der Waals surface area contributed by atoms with Gasteiger partial charge in [-0.25, -0.2) is 0 Å². The first-order chi connectivity index (χ1) is 12.6. The van der Waals surface area contributed by atoms with E-state index in [1.165, 1.54) is 36.8 Å². The van der Waals surface area contributed by atoms with E-state index in [9.17, 15) is 0 Å². The molecular formula is C21H36IN3O2. The van der Waals surface area contributed by atoms with Crippen LogP contribution in [0.25, 0.3) is 0 Å². The van der Waals surface area contributed by atoms with Gasteiger partial charge in [0.2, 0.25) is 0 Å². The summed E-state index contributed by atoms with van der Waals surface area (Å²) in [5.41, 5.74) is 2.79. The van der Waals surface area contributed by atoms with Crippen LogP contribution in [0.4, 0.5) is 0 Å². The molecule has 0 unspecified atom stereocenters. The van der Waals surface area contributed by atoms with Gasteiger partial charge in [-0.1, -0.05) is 25.0 Å². The van der Waals surface area contributed by atoms with Gasteiger partial charge in [-0.3, -0.25) is 4.99 Å². The summed E-state index contributed by atoms with van der Waals surface area (Å²) < 4.78 is 10.7. The molecule has 0 aliphatic heterocycles. The predicted octanol–water partition coefficient (Wildman–Crippen LogP) is 3.93. The van der Waals surface area contributed by atoms with Gasteiger partial charge in [0.05, 0.1) is 7.11 Å². The molecule has 0 atom stereocenters. The van der Waals surface area contributed by atoms with Gasteiger partial charge in [-0.05, 0) is 55.2 Å². The van der Waals surface area contributed by atoms with Gasteiger partial charge in [0.25, 0.3) is 0 Å². The zero-order valence-electron chi connectivity index (χ0n) is 17.3. The second kappa shape index (κ2) is 12.4. The third-order valence-corrected chi connectivity index (χ3v) is 5.53. The molecule has 154 valence electrons. The highest BCUT2D eigenvalue weighted by atomic mass is 127. The van der Waals surface area contributed by atoms with Crippen molar-refractivity contribution in [2.24, 2.45) is 10.4 Å². The first-order valence-corrected chi connectivity index (χ1v) is 9.69. The van der Waals surface area contributed by atoms with Crippen LogP contribution in [0.2, 0.25) is 0 Å². The van der Waals surface area contributed by atoms with Gasteiger partial charge in [0.1, 0.15) is 5.75 Å². The van der Waals surface area contributed by atoms with E-state index in [4.69, 9.17) is 9.47 Å². The Kier molecular flexibility index (Phi) is 11.1. The maximum atomic E-state index is 5.41. The molecular weight excluding hydrogens is 453 g/mol. The fourth-order valence-corrected chi connectivity index (χ4v) is 3.80. The molecule has 1 aromatic rings. The smallest absolute Gasteiger partial charge is 0.191 e. The minimum absolute atomic E-state index is 0. The minimum Gasteiger partial charge on any atom is -0.496 e. The number of halogens is 1. The van der Waals surface area contributed by atoms with Crippen molar-refractivity contribution in [3.63, 3.8) is 0 Å². The van der Waals surface area contributed by atoms with Crippen molar-refractivity contribution in [1.29, 1.82) is 0 Å². The summed E-state index contributed by atoms with van der Waals surface area (Å²) in [5, 5.41) is 6.97. The van der Waals surface area contributed by atoms with Crippen molar-refractivity contribution < 1.29 is 9.47 Å². The maximum absolute atomic E-state index is 5.41. The third-order valence-electron chi connectivity index (χ3n) is 5.53. The average molecular weight is 489 g/mol. The number of aliphatic imine (C=N–C) groups is 1. The van der Waals surface area contributed by atoms with Gasteiger partial charge in [-0.15, -0.1) is 24.0 Å². The van der Waals surface area contributed by atoms with Gasteiger partial charge >= 0.3 is 0 Å². The van der Waals surface area contributed by atoms with Crippen LogP contribution in [0.15, 0.2) is 23.2 Å². The number of hydrogen-bond acceptors (Lipinski definition) is 3. The third kappa shape index (κ3) is 7.49. The number of aryl methyl sites for hydroxylation is 1. The maximum Gasteiger partial charge on any atom is 0.191 e. The van der Waals surface area contributed by atoms with E-state index >= 15 is 0 Å². The molecule has 1 aliphatic rings.